The monoisotopic (exact) mass is 343 g/mol. The number of hydrogen-bond donors (Lipinski definition) is 1. The zero-order chi connectivity index (χ0) is 14.4. The summed E-state index contributed by atoms with van der Waals surface area (Å²) >= 11 is 3.56. The molecule has 0 fully saturated rings. The Bertz CT molecular complexity index is 439. The van der Waals surface area contributed by atoms with Crippen LogP contribution >= 0.6 is 15.9 Å². The van der Waals surface area contributed by atoms with Gasteiger partial charge in [0, 0.05) is 32.7 Å². The first-order valence-electron chi connectivity index (χ1n) is 7.01. The van der Waals surface area contributed by atoms with Crippen LogP contribution < -0.4 is 14.8 Å². The maximum Gasteiger partial charge on any atom is 0.175 e. The molecule has 0 aromatic heterocycles. The van der Waals surface area contributed by atoms with Gasteiger partial charge in [0.05, 0.1) is 17.7 Å². The summed E-state index contributed by atoms with van der Waals surface area (Å²) in [5.74, 6) is 1.65. The van der Waals surface area contributed by atoms with Crippen LogP contribution in [-0.2, 0) is 11.3 Å². The van der Waals surface area contributed by atoms with E-state index in [2.05, 4.69) is 40.3 Å². The summed E-state index contributed by atoms with van der Waals surface area (Å²) in [5, 5.41) is 3.49. The second-order valence-corrected chi connectivity index (χ2v) is 5.87. The summed E-state index contributed by atoms with van der Waals surface area (Å²) in [7, 11) is 1.73. The van der Waals surface area contributed by atoms with Crippen LogP contribution in [0.25, 0.3) is 0 Å². The lowest BCUT2D eigenvalue weighted by atomic mass is 10.1. The third-order valence-corrected chi connectivity index (χ3v) is 3.86. The van der Waals surface area contributed by atoms with Gasteiger partial charge < -0.3 is 19.5 Å². The second-order valence-electron chi connectivity index (χ2n) is 5.02. The molecule has 1 N–H and O–H groups in total. The van der Waals surface area contributed by atoms with Crippen LogP contribution in [0.1, 0.15) is 25.3 Å². The average Bonchev–Trinajstić information content (AvgIpc) is 2.68. The number of fused-ring (bicyclic) bond motifs is 1. The van der Waals surface area contributed by atoms with Crippen molar-refractivity contribution in [2.24, 2.45) is 0 Å². The summed E-state index contributed by atoms with van der Waals surface area (Å²) in [6.45, 7) is 5.16. The minimum Gasteiger partial charge on any atom is -0.490 e. The molecule has 5 heteroatoms. The number of ether oxygens (including phenoxy) is 3. The van der Waals surface area contributed by atoms with E-state index in [0.29, 0.717) is 19.3 Å². The van der Waals surface area contributed by atoms with Crippen LogP contribution in [0.5, 0.6) is 11.5 Å². The highest BCUT2D eigenvalue weighted by atomic mass is 79.9. The molecule has 112 valence electrons. The van der Waals surface area contributed by atoms with E-state index in [9.17, 15) is 0 Å². The van der Waals surface area contributed by atoms with E-state index in [1.54, 1.807) is 7.11 Å². The third-order valence-electron chi connectivity index (χ3n) is 3.27. The van der Waals surface area contributed by atoms with E-state index in [0.717, 1.165) is 42.0 Å². The molecule has 2 rings (SSSR count). The molecule has 0 bridgehead atoms. The highest BCUT2D eigenvalue weighted by Crippen LogP contribution is 2.38. The summed E-state index contributed by atoms with van der Waals surface area (Å²) in [6.07, 6.45) is 1.92. The number of rotatable bonds is 6. The standard InChI is InChI=1S/C15H22BrNO3/c1-11(4-7-18-2)17-10-12-8-13(16)15-14(9-12)19-5-3-6-20-15/h8-9,11,17H,3-7,10H2,1-2H3. The topological polar surface area (TPSA) is 39.7 Å². The Morgan fingerprint density at radius 3 is 2.95 bits per heavy atom. The lowest BCUT2D eigenvalue weighted by Crippen LogP contribution is -2.26. The second kappa shape index (κ2) is 7.86. The molecule has 0 saturated carbocycles. The normalized spacial score (nSPS) is 15.8. The van der Waals surface area contributed by atoms with E-state index >= 15 is 0 Å². The van der Waals surface area contributed by atoms with E-state index in [1.807, 2.05) is 0 Å². The molecule has 1 aromatic rings. The Hall–Kier alpha value is -0.780. The molecule has 1 aliphatic rings. The van der Waals surface area contributed by atoms with Crippen molar-refractivity contribution >= 4 is 15.9 Å². The molecular formula is C15H22BrNO3. The van der Waals surface area contributed by atoms with Crippen LogP contribution in [-0.4, -0.2) is 33.0 Å². The Balaban J connectivity index is 1.98. The Morgan fingerprint density at radius 2 is 2.15 bits per heavy atom. The van der Waals surface area contributed by atoms with Crippen molar-refractivity contribution in [2.45, 2.75) is 32.4 Å². The SMILES string of the molecule is COCCC(C)NCc1cc(Br)c2c(c1)OCCCO2. The smallest absolute Gasteiger partial charge is 0.175 e. The lowest BCUT2D eigenvalue weighted by molar-refractivity contribution is 0.184. The fraction of sp³-hybridized carbons (Fsp3) is 0.600. The third kappa shape index (κ3) is 4.36. The predicted octanol–water partition coefficient (Wildman–Crippen LogP) is 3.13. The Morgan fingerprint density at radius 1 is 1.35 bits per heavy atom. The average molecular weight is 344 g/mol. The number of halogens is 1. The molecule has 4 nitrogen and oxygen atoms in total. The fourth-order valence-corrected chi connectivity index (χ4v) is 2.68. The molecule has 0 saturated heterocycles. The van der Waals surface area contributed by atoms with Crippen molar-refractivity contribution in [2.75, 3.05) is 26.9 Å². The molecular weight excluding hydrogens is 322 g/mol. The number of nitrogens with one attached hydrogen (secondary N) is 1. The largest absolute Gasteiger partial charge is 0.490 e. The first-order valence-corrected chi connectivity index (χ1v) is 7.80. The quantitative estimate of drug-likeness (QED) is 0.861. The van der Waals surface area contributed by atoms with Gasteiger partial charge in [0.25, 0.3) is 0 Å². The van der Waals surface area contributed by atoms with Gasteiger partial charge in [0.2, 0.25) is 0 Å². The van der Waals surface area contributed by atoms with Crippen molar-refractivity contribution < 1.29 is 14.2 Å². The van der Waals surface area contributed by atoms with Crippen LogP contribution in [0.2, 0.25) is 0 Å². The Labute approximate surface area is 128 Å². The van der Waals surface area contributed by atoms with Crippen LogP contribution in [0.3, 0.4) is 0 Å². The molecule has 0 spiro atoms. The molecule has 20 heavy (non-hydrogen) atoms. The number of methoxy groups -OCH3 is 1. The summed E-state index contributed by atoms with van der Waals surface area (Å²) in [5.41, 5.74) is 1.19. The van der Waals surface area contributed by atoms with Crippen LogP contribution in [0.15, 0.2) is 16.6 Å². The van der Waals surface area contributed by atoms with E-state index in [-0.39, 0.29) is 0 Å². The lowest BCUT2D eigenvalue weighted by Gasteiger charge is -2.15. The molecule has 1 heterocycles. The molecule has 1 aromatic carbocycles. The van der Waals surface area contributed by atoms with Gasteiger partial charge >= 0.3 is 0 Å². The van der Waals surface area contributed by atoms with Gasteiger partial charge in [0.1, 0.15) is 0 Å². The van der Waals surface area contributed by atoms with Gasteiger partial charge in [-0.1, -0.05) is 0 Å². The van der Waals surface area contributed by atoms with Crippen molar-refractivity contribution in [1.29, 1.82) is 0 Å². The van der Waals surface area contributed by atoms with Crippen molar-refractivity contribution in [1.82, 2.24) is 5.32 Å². The van der Waals surface area contributed by atoms with Gasteiger partial charge in [0.15, 0.2) is 11.5 Å². The van der Waals surface area contributed by atoms with Gasteiger partial charge in [-0.15, -0.1) is 0 Å². The molecule has 1 unspecified atom stereocenters. The first kappa shape index (κ1) is 15.6. The minimum absolute atomic E-state index is 0.421. The Kier molecular flexibility index (Phi) is 6.13. The zero-order valence-corrected chi connectivity index (χ0v) is 13.7. The molecule has 1 aliphatic heterocycles. The minimum atomic E-state index is 0.421. The van der Waals surface area contributed by atoms with Crippen molar-refractivity contribution in [3.63, 3.8) is 0 Å². The highest BCUT2D eigenvalue weighted by Gasteiger charge is 2.15. The highest BCUT2D eigenvalue weighted by molar-refractivity contribution is 9.10. The van der Waals surface area contributed by atoms with Gasteiger partial charge in [-0.25, -0.2) is 0 Å². The maximum absolute atomic E-state index is 5.74. The molecule has 0 aliphatic carbocycles. The van der Waals surface area contributed by atoms with Gasteiger partial charge in [-0.05, 0) is 47.0 Å². The molecule has 0 amide bonds. The van der Waals surface area contributed by atoms with Crippen molar-refractivity contribution in [3.8, 4) is 11.5 Å². The van der Waals surface area contributed by atoms with E-state index in [1.165, 1.54) is 5.56 Å². The molecule has 1 atom stereocenters. The molecule has 0 radical (unpaired) electrons. The first-order chi connectivity index (χ1) is 9.70. The predicted molar refractivity (Wildman–Crippen MR) is 82.5 cm³/mol. The zero-order valence-electron chi connectivity index (χ0n) is 12.1. The fourth-order valence-electron chi connectivity index (χ4n) is 2.08. The van der Waals surface area contributed by atoms with Gasteiger partial charge in [-0.2, -0.15) is 0 Å². The summed E-state index contributed by atoms with van der Waals surface area (Å²) < 4.78 is 17.5. The van der Waals surface area contributed by atoms with Crippen molar-refractivity contribution in [3.05, 3.63) is 22.2 Å². The summed E-state index contributed by atoms with van der Waals surface area (Å²) in [4.78, 5) is 0. The summed E-state index contributed by atoms with van der Waals surface area (Å²) in [6, 6.07) is 4.56. The van der Waals surface area contributed by atoms with E-state index in [4.69, 9.17) is 14.2 Å². The maximum atomic E-state index is 5.74. The van der Waals surface area contributed by atoms with E-state index < -0.39 is 0 Å². The van der Waals surface area contributed by atoms with Gasteiger partial charge in [-0.3, -0.25) is 0 Å². The van der Waals surface area contributed by atoms with Crippen LogP contribution in [0, 0.1) is 0 Å². The number of hydrogen-bond acceptors (Lipinski definition) is 4. The van der Waals surface area contributed by atoms with Crippen LogP contribution in [0.4, 0.5) is 0 Å². The number of benzene rings is 1.